The van der Waals surface area contributed by atoms with Gasteiger partial charge < -0.3 is 9.47 Å². The fraction of sp³-hybridized carbons (Fsp3) is 0.846. The number of allylic oxidation sites excluding steroid dienone is 2. The molecule has 0 aromatic carbocycles. The summed E-state index contributed by atoms with van der Waals surface area (Å²) in [6, 6.07) is 0. The van der Waals surface area contributed by atoms with Gasteiger partial charge >= 0.3 is 0 Å². The lowest BCUT2D eigenvalue weighted by molar-refractivity contribution is -0.263. The summed E-state index contributed by atoms with van der Waals surface area (Å²) in [7, 11) is 7.29. The largest absolute Gasteiger partial charge is 0.353 e. The number of hydrogen-bond acceptors (Lipinski definition) is 2. The van der Waals surface area contributed by atoms with Crippen molar-refractivity contribution >= 4 is 10.2 Å². The Kier molecular flexibility index (Phi) is 3.06. The van der Waals surface area contributed by atoms with Gasteiger partial charge in [0.25, 0.3) is 0 Å². The van der Waals surface area contributed by atoms with Crippen LogP contribution < -0.4 is 0 Å². The Morgan fingerprint density at radius 3 is 2.06 bits per heavy atom. The Morgan fingerprint density at radius 1 is 1.12 bits per heavy atom. The molecule has 2 aliphatic rings. The Hall–Kier alpha value is -0.123. The molecule has 3 heteroatoms. The average Bonchev–Trinajstić information content (AvgIpc) is 2.80. The molecule has 16 heavy (non-hydrogen) atoms. The lowest BCUT2D eigenvalue weighted by atomic mass is 9.79. The molecule has 2 rings (SSSR count). The van der Waals surface area contributed by atoms with Gasteiger partial charge in [-0.1, -0.05) is 26.0 Å². The number of methoxy groups -OCH3 is 2. The van der Waals surface area contributed by atoms with Crippen molar-refractivity contribution in [2.75, 3.05) is 14.2 Å². The molecule has 0 N–H and O–H groups in total. The zero-order valence-electron chi connectivity index (χ0n) is 10.6. The highest BCUT2D eigenvalue weighted by molar-refractivity contribution is 6.15. The van der Waals surface area contributed by atoms with E-state index < -0.39 is 5.79 Å². The molecule has 89 valence electrons. The van der Waals surface area contributed by atoms with Gasteiger partial charge in [-0.2, -0.15) is 0 Å². The maximum atomic E-state index is 5.78. The summed E-state index contributed by atoms with van der Waals surface area (Å²) in [6.45, 7) is 4.24. The summed E-state index contributed by atoms with van der Waals surface area (Å²) < 4.78 is 11.6. The van der Waals surface area contributed by atoms with E-state index in [0.717, 1.165) is 5.92 Å². The number of fused-ring (bicyclic) bond motifs is 2. The van der Waals surface area contributed by atoms with Crippen molar-refractivity contribution in [3.8, 4) is 0 Å². The zero-order valence-corrected chi connectivity index (χ0v) is 11.6. The molecule has 1 saturated carbocycles. The van der Waals surface area contributed by atoms with Gasteiger partial charge in [0.1, 0.15) is 0 Å². The standard InChI is InChI=1S/C13H21O2Si/c1-12(2,16)13(14-3,15-4)11-8-9-5-6-10(11)7-9/h5-6,9-11H,7-8H2,1-4H3. The molecule has 0 spiro atoms. The summed E-state index contributed by atoms with van der Waals surface area (Å²) in [5, 5.41) is -0.195. The van der Waals surface area contributed by atoms with E-state index >= 15 is 0 Å². The third-order valence-corrected chi connectivity index (χ3v) is 4.59. The minimum atomic E-state index is -0.534. The Balaban J connectivity index is 2.30. The predicted molar refractivity (Wildman–Crippen MR) is 65.4 cm³/mol. The molecule has 3 unspecified atom stereocenters. The molecular weight excluding hydrogens is 216 g/mol. The van der Waals surface area contributed by atoms with Crippen molar-refractivity contribution in [3.05, 3.63) is 12.2 Å². The number of rotatable bonds is 4. The Bertz CT molecular complexity index is 289. The van der Waals surface area contributed by atoms with Gasteiger partial charge in [0.2, 0.25) is 0 Å². The third kappa shape index (κ3) is 1.60. The minimum absolute atomic E-state index is 0.195. The SMILES string of the molecule is COC(OC)(C1CC2C=CC1C2)C(C)(C)[Si]. The molecule has 1 fully saturated rings. The fourth-order valence-corrected chi connectivity index (χ4v) is 3.97. The van der Waals surface area contributed by atoms with Crippen LogP contribution in [0, 0.1) is 17.8 Å². The first kappa shape index (κ1) is 12.3. The van der Waals surface area contributed by atoms with E-state index in [4.69, 9.17) is 9.47 Å². The van der Waals surface area contributed by atoms with Crippen LogP contribution in [0.5, 0.6) is 0 Å². The van der Waals surface area contributed by atoms with Gasteiger partial charge in [-0.25, -0.2) is 0 Å². The summed E-state index contributed by atoms with van der Waals surface area (Å²) in [6.07, 6.45) is 7.12. The first-order chi connectivity index (χ1) is 7.44. The predicted octanol–water partition coefficient (Wildman–Crippen LogP) is 2.55. The third-order valence-electron chi connectivity index (χ3n) is 4.24. The second kappa shape index (κ2) is 3.97. The van der Waals surface area contributed by atoms with Gasteiger partial charge in [0.15, 0.2) is 5.79 Å². The maximum absolute atomic E-state index is 5.78. The molecule has 0 saturated heterocycles. The van der Waals surface area contributed by atoms with Crippen molar-refractivity contribution < 1.29 is 9.47 Å². The van der Waals surface area contributed by atoms with Crippen LogP contribution >= 0.6 is 0 Å². The van der Waals surface area contributed by atoms with Crippen LogP contribution in [0.3, 0.4) is 0 Å². The Morgan fingerprint density at radius 2 is 1.75 bits per heavy atom. The van der Waals surface area contributed by atoms with Gasteiger partial charge in [0.05, 0.1) is 0 Å². The van der Waals surface area contributed by atoms with Gasteiger partial charge in [-0.05, 0) is 24.7 Å². The second-order valence-corrected chi connectivity index (χ2v) is 6.84. The van der Waals surface area contributed by atoms with Gasteiger partial charge in [0, 0.05) is 35.4 Å². The molecule has 2 aliphatic carbocycles. The van der Waals surface area contributed by atoms with Crippen LogP contribution in [0.15, 0.2) is 12.2 Å². The van der Waals surface area contributed by atoms with Gasteiger partial charge in [-0.3, -0.25) is 0 Å². The summed E-state index contributed by atoms with van der Waals surface area (Å²) in [4.78, 5) is 0. The van der Waals surface area contributed by atoms with E-state index in [1.807, 2.05) is 0 Å². The van der Waals surface area contributed by atoms with E-state index in [2.05, 4.69) is 36.2 Å². The normalized spacial score (nSPS) is 33.7. The van der Waals surface area contributed by atoms with Crippen LogP contribution in [0.1, 0.15) is 26.7 Å². The maximum Gasteiger partial charge on any atom is 0.172 e. The first-order valence-corrected chi connectivity index (χ1v) is 6.48. The highest BCUT2D eigenvalue weighted by atomic mass is 28.1. The first-order valence-electron chi connectivity index (χ1n) is 5.98. The lowest BCUT2D eigenvalue weighted by Gasteiger charge is -2.48. The molecule has 2 bridgehead atoms. The van der Waals surface area contributed by atoms with Crippen molar-refractivity contribution in [3.63, 3.8) is 0 Å². The van der Waals surface area contributed by atoms with Crippen LogP contribution in [0.2, 0.25) is 5.04 Å². The summed E-state index contributed by atoms with van der Waals surface area (Å²) in [5.74, 6) is 1.26. The Labute approximate surface area is 102 Å². The molecule has 2 nitrogen and oxygen atoms in total. The smallest absolute Gasteiger partial charge is 0.172 e. The van der Waals surface area contributed by atoms with Crippen molar-refractivity contribution in [2.45, 2.75) is 37.5 Å². The van der Waals surface area contributed by atoms with E-state index in [9.17, 15) is 0 Å². The molecule has 0 aromatic rings. The van der Waals surface area contributed by atoms with Crippen LogP contribution in [0.25, 0.3) is 0 Å². The highest BCUT2D eigenvalue weighted by Gasteiger charge is 2.55. The summed E-state index contributed by atoms with van der Waals surface area (Å²) >= 11 is 0. The topological polar surface area (TPSA) is 18.5 Å². The summed E-state index contributed by atoms with van der Waals surface area (Å²) in [5.41, 5.74) is 0. The molecule has 0 aromatic heterocycles. The van der Waals surface area contributed by atoms with Crippen molar-refractivity contribution in [1.29, 1.82) is 0 Å². The van der Waals surface area contributed by atoms with Crippen molar-refractivity contribution in [1.82, 2.24) is 0 Å². The van der Waals surface area contributed by atoms with Gasteiger partial charge in [-0.15, -0.1) is 0 Å². The zero-order chi connectivity index (χ0) is 12.0. The van der Waals surface area contributed by atoms with Crippen LogP contribution in [-0.4, -0.2) is 30.2 Å². The van der Waals surface area contributed by atoms with E-state index in [1.54, 1.807) is 14.2 Å². The van der Waals surface area contributed by atoms with Crippen LogP contribution in [0.4, 0.5) is 0 Å². The monoisotopic (exact) mass is 237 g/mol. The number of ether oxygens (including phenoxy) is 2. The average molecular weight is 237 g/mol. The fourth-order valence-electron chi connectivity index (χ4n) is 3.58. The van der Waals surface area contributed by atoms with E-state index in [0.29, 0.717) is 11.8 Å². The molecule has 0 amide bonds. The van der Waals surface area contributed by atoms with Crippen LogP contribution in [-0.2, 0) is 9.47 Å². The molecule has 3 atom stereocenters. The quantitative estimate of drug-likeness (QED) is 0.425. The van der Waals surface area contributed by atoms with Crippen molar-refractivity contribution in [2.24, 2.45) is 17.8 Å². The molecular formula is C13H21O2Si. The molecule has 0 aliphatic heterocycles. The van der Waals surface area contributed by atoms with E-state index in [1.165, 1.54) is 12.8 Å². The minimum Gasteiger partial charge on any atom is -0.353 e. The molecule has 0 heterocycles. The number of hydrogen-bond donors (Lipinski definition) is 0. The molecule has 3 radical (unpaired) electrons. The lowest BCUT2D eigenvalue weighted by Crippen LogP contribution is -2.51. The highest BCUT2D eigenvalue weighted by Crippen LogP contribution is 2.55. The second-order valence-electron chi connectivity index (χ2n) is 5.59. The van der Waals surface area contributed by atoms with E-state index in [-0.39, 0.29) is 5.04 Å².